The molecule has 0 aliphatic rings. The van der Waals surface area contributed by atoms with E-state index in [9.17, 15) is 14.9 Å². The van der Waals surface area contributed by atoms with Gasteiger partial charge in [-0.05, 0) is 79.4 Å². The maximum atomic E-state index is 12.6. The van der Waals surface area contributed by atoms with Crippen molar-refractivity contribution in [2.24, 2.45) is 0 Å². The number of carbonyl (C=O) groups is 2. The number of anilines is 2. The summed E-state index contributed by atoms with van der Waals surface area (Å²) in [5.74, 6) is -0.0833. The van der Waals surface area contributed by atoms with Crippen LogP contribution < -0.4 is 20.1 Å². The topological polar surface area (TPSA) is 100 Å². The molecule has 178 valence electrons. The van der Waals surface area contributed by atoms with E-state index in [-0.39, 0.29) is 18.1 Å². The number of nitriles is 1. The van der Waals surface area contributed by atoms with Crippen LogP contribution in [0.15, 0.2) is 66.2 Å². The molecule has 0 heterocycles. The molecule has 35 heavy (non-hydrogen) atoms. The van der Waals surface area contributed by atoms with Crippen molar-refractivity contribution in [1.82, 2.24) is 0 Å². The standard InChI is InChI=1S/C28H27N3O4/c1-18-9-11-23(13-20(18)3)30-28(33)22(16-29)14-21-10-12-25(26(15-21)34-4)35-17-27(32)31-24-8-6-5-7-19(24)2/h5-15H,17H2,1-4H3,(H,30,33)(H,31,32)/b22-14+. The third-order valence-electron chi connectivity index (χ3n) is 5.41. The summed E-state index contributed by atoms with van der Waals surface area (Å²) in [6.45, 7) is 5.64. The molecule has 2 amide bonds. The van der Waals surface area contributed by atoms with E-state index in [1.807, 2.05) is 63.2 Å². The van der Waals surface area contributed by atoms with Crippen LogP contribution in [0.4, 0.5) is 11.4 Å². The van der Waals surface area contributed by atoms with Crippen molar-refractivity contribution in [3.05, 3.63) is 88.5 Å². The van der Waals surface area contributed by atoms with Crippen molar-refractivity contribution >= 4 is 29.3 Å². The number of ether oxygens (including phenoxy) is 2. The van der Waals surface area contributed by atoms with Crippen molar-refractivity contribution in [2.45, 2.75) is 20.8 Å². The maximum Gasteiger partial charge on any atom is 0.266 e. The molecule has 3 aromatic rings. The van der Waals surface area contributed by atoms with Gasteiger partial charge in [0.25, 0.3) is 11.8 Å². The van der Waals surface area contributed by atoms with E-state index in [0.717, 1.165) is 22.4 Å². The molecule has 0 fully saturated rings. The zero-order chi connectivity index (χ0) is 25.4. The molecule has 0 radical (unpaired) electrons. The molecule has 0 aliphatic carbocycles. The number of nitrogens with zero attached hydrogens (tertiary/aromatic N) is 1. The summed E-state index contributed by atoms with van der Waals surface area (Å²) in [5, 5.41) is 15.1. The van der Waals surface area contributed by atoms with Gasteiger partial charge in [0, 0.05) is 11.4 Å². The number of rotatable bonds is 8. The van der Waals surface area contributed by atoms with Gasteiger partial charge in [-0.2, -0.15) is 5.26 Å². The first-order valence-corrected chi connectivity index (χ1v) is 11.0. The Morgan fingerprint density at radius 1 is 0.914 bits per heavy atom. The highest BCUT2D eigenvalue weighted by molar-refractivity contribution is 6.09. The Morgan fingerprint density at radius 2 is 1.69 bits per heavy atom. The molecule has 0 bridgehead atoms. The first kappa shape index (κ1) is 25.1. The largest absolute Gasteiger partial charge is 0.493 e. The Balaban J connectivity index is 1.69. The molecule has 0 aliphatic heterocycles. The highest BCUT2D eigenvalue weighted by Crippen LogP contribution is 2.29. The molecule has 0 spiro atoms. The third kappa shape index (κ3) is 6.71. The van der Waals surface area contributed by atoms with Crippen LogP contribution >= 0.6 is 0 Å². The molecule has 7 heteroatoms. The van der Waals surface area contributed by atoms with Crippen molar-refractivity contribution in [2.75, 3.05) is 24.4 Å². The summed E-state index contributed by atoms with van der Waals surface area (Å²) >= 11 is 0. The summed E-state index contributed by atoms with van der Waals surface area (Å²) in [6, 6.07) is 19.9. The molecule has 0 aromatic heterocycles. The van der Waals surface area contributed by atoms with Crippen LogP contribution in [0.1, 0.15) is 22.3 Å². The molecule has 7 nitrogen and oxygen atoms in total. The van der Waals surface area contributed by atoms with E-state index >= 15 is 0 Å². The molecule has 2 N–H and O–H groups in total. The smallest absolute Gasteiger partial charge is 0.266 e. The fourth-order valence-corrected chi connectivity index (χ4v) is 3.27. The van der Waals surface area contributed by atoms with E-state index in [2.05, 4.69) is 10.6 Å². The average molecular weight is 470 g/mol. The summed E-state index contributed by atoms with van der Waals surface area (Å²) in [7, 11) is 1.47. The summed E-state index contributed by atoms with van der Waals surface area (Å²) in [4.78, 5) is 24.9. The van der Waals surface area contributed by atoms with Gasteiger partial charge < -0.3 is 20.1 Å². The lowest BCUT2D eigenvalue weighted by atomic mass is 10.1. The molecule has 0 atom stereocenters. The number of benzene rings is 3. The van der Waals surface area contributed by atoms with Gasteiger partial charge in [0.05, 0.1) is 7.11 Å². The second-order valence-corrected chi connectivity index (χ2v) is 7.99. The lowest BCUT2D eigenvalue weighted by Crippen LogP contribution is -2.20. The van der Waals surface area contributed by atoms with Gasteiger partial charge in [-0.25, -0.2) is 0 Å². The molecular weight excluding hydrogens is 442 g/mol. The minimum Gasteiger partial charge on any atom is -0.493 e. The van der Waals surface area contributed by atoms with Crippen LogP contribution in [0.2, 0.25) is 0 Å². The number of methoxy groups -OCH3 is 1. The lowest BCUT2D eigenvalue weighted by molar-refractivity contribution is -0.118. The lowest BCUT2D eigenvalue weighted by Gasteiger charge is -2.12. The molecule has 0 saturated carbocycles. The van der Waals surface area contributed by atoms with E-state index in [1.54, 1.807) is 24.3 Å². The molecule has 0 unspecified atom stereocenters. The zero-order valence-electron chi connectivity index (χ0n) is 20.1. The van der Waals surface area contributed by atoms with E-state index in [0.29, 0.717) is 22.7 Å². The van der Waals surface area contributed by atoms with Gasteiger partial charge in [0.2, 0.25) is 0 Å². The number of hydrogen-bond donors (Lipinski definition) is 2. The van der Waals surface area contributed by atoms with Crippen molar-refractivity contribution in [3.63, 3.8) is 0 Å². The van der Waals surface area contributed by atoms with Crippen LogP contribution in [0.5, 0.6) is 11.5 Å². The van der Waals surface area contributed by atoms with E-state index < -0.39 is 5.91 Å². The summed E-state index contributed by atoms with van der Waals surface area (Å²) in [6.07, 6.45) is 1.47. The van der Waals surface area contributed by atoms with E-state index in [1.165, 1.54) is 13.2 Å². The van der Waals surface area contributed by atoms with Crippen molar-refractivity contribution in [1.29, 1.82) is 5.26 Å². The highest BCUT2D eigenvalue weighted by Gasteiger charge is 2.13. The maximum absolute atomic E-state index is 12.6. The third-order valence-corrected chi connectivity index (χ3v) is 5.41. The SMILES string of the molecule is COc1cc(/C=C(\C#N)C(=O)Nc2ccc(C)c(C)c2)ccc1OCC(=O)Nc1ccccc1C. The first-order chi connectivity index (χ1) is 16.8. The molecule has 3 rings (SSSR count). The molecule has 0 saturated heterocycles. The van der Waals surface area contributed by atoms with Crippen molar-refractivity contribution < 1.29 is 19.1 Å². The van der Waals surface area contributed by atoms with Gasteiger partial charge in [-0.1, -0.05) is 30.3 Å². The second-order valence-electron chi connectivity index (χ2n) is 7.99. The minimum absolute atomic E-state index is 0.0587. The Hall–Kier alpha value is -4.57. The van der Waals surface area contributed by atoms with Gasteiger partial charge in [0.15, 0.2) is 18.1 Å². The predicted molar refractivity (Wildman–Crippen MR) is 136 cm³/mol. The number of aryl methyl sites for hydroxylation is 3. The molecule has 3 aromatic carbocycles. The number of carbonyl (C=O) groups excluding carboxylic acids is 2. The van der Waals surface area contributed by atoms with E-state index in [4.69, 9.17) is 9.47 Å². The Labute approximate surface area is 205 Å². The average Bonchev–Trinajstić information content (AvgIpc) is 2.85. The first-order valence-electron chi connectivity index (χ1n) is 11.0. The van der Waals surface area contributed by atoms with Crippen LogP contribution in [-0.2, 0) is 9.59 Å². The monoisotopic (exact) mass is 469 g/mol. The Kier molecular flexibility index (Phi) is 8.25. The minimum atomic E-state index is -0.511. The van der Waals surface area contributed by atoms with Crippen LogP contribution in [0.25, 0.3) is 6.08 Å². The number of nitrogens with one attached hydrogen (secondary N) is 2. The van der Waals surface area contributed by atoms with Gasteiger partial charge >= 0.3 is 0 Å². The van der Waals surface area contributed by atoms with Crippen LogP contribution in [0, 0.1) is 32.1 Å². The van der Waals surface area contributed by atoms with Crippen molar-refractivity contribution in [3.8, 4) is 17.6 Å². The fraction of sp³-hybridized carbons (Fsp3) is 0.179. The Morgan fingerprint density at radius 3 is 2.37 bits per heavy atom. The number of amides is 2. The van der Waals surface area contributed by atoms with Gasteiger partial charge in [-0.15, -0.1) is 0 Å². The van der Waals surface area contributed by atoms with Crippen LogP contribution in [-0.4, -0.2) is 25.5 Å². The quantitative estimate of drug-likeness (QED) is 0.350. The summed E-state index contributed by atoms with van der Waals surface area (Å²) in [5.41, 5.74) is 4.95. The highest BCUT2D eigenvalue weighted by atomic mass is 16.5. The van der Waals surface area contributed by atoms with Crippen LogP contribution in [0.3, 0.4) is 0 Å². The zero-order valence-corrected chi connectivity index (χ0v) is 20.1. The summed E-state index contributed by atoms with van der Waals surface area (Å²) < 4.78 is 11.0. The predicted octanol–water partition coefficient (Wildman–Crippen LogP) is 5.18. The number of para-hydroxylation sites is 1. The van der Waals surface area contributed by atoms with Gasteiger partial charge in [-0.3, -0.25) is 9.59 Å². The Bertz CT molecular complexity index is 1320. The van der Waals surface area contributed by atoms with Gasteiger partial charge in [0.1, 0.15) is 11.6 Å². The fourth-order valence-electron chi connectivity index (χ4n) is 3.27. The number of hydrogen-bond acceptors (Lipinski definition) is 5. The second kappa shape index (κ2) is 11.5. The molecular formula is C28H27N3O4. The normalized spacial score (nSPS) is 10.8.